The minimum Gasteiger partial charge on any atom is -0.401 e. The number of carbonyl (C=O) groups excluding carboxylic acids is 3. The van der Waals surface area contributed by atoms with Crippen molar-refractivity contribution in [1.82, 2.24) is 15.2 Å². The molecule has 1 saturated heterocycles. The molecule has 10 nitrogen and oxygen atoms in total. The molecule has 1 heterocycles. The van der Waals surface area contributed by atoms with Gasteiger partial charge >= 0.3 is 0 Å². The van der Waals surface area contributed by atoms with Crippen molar-refractivity contribution in [2.75, 3.05) is 6.54 Å². The Morgan fingerprint density at radius 1 is 1.00 bits per heavy atom. The highest BCUT2D eigenvalue weighted by atomic mass is 16.3. The largest absolute Gasteiger partial charge is 0.401 e. The normalized spacial score (nSPS) is 22.5. The first-order chi connectivity index (χ1) is 19.7. The van der Waals surface area contributed by atoms with Gasteiger partial charge in [0.05, 0.1) is 6.10 Å². The van der Waals surface area contributed by atoms with Gasteiger partial charge in [-0.3, -0.25) is 14.4 Å². The second-order valence-electron chi connectivity index (χ2n) is 11.6. The van der Waals surface area contributed by atoms with Gasteiger partial charge in [0, 0.05) is 37.2 Å². The Morgan fingerprint density at radius 3 is 2.24 bits per heavy atom. The summed E-state index contributed by atoms with van der Waals surface area (Å²) in [6.45, 7) is 0.0119. The number of nitrogens with one attached hydrogen (secondary N) is 1. The Morgan fingerprint density at radius 2 is 1.66 bits per heavy atom. The maximum absolute atomic E-state index is 13.9. The summed E-state index contributed by atoms with van der Waals surface area (Å²) in [5.41, 5.74) is 15.5. The third-order valence-corrected chi connectivity index (χ3v) is 8.54. The van der Waals surface area contributed by atoms with Crippen molar-refractivity contribution in [1.29, 1.82) is 0 Å². The molecule has 0 bridgehead atoms. The third-order valence-electron chi connectivity index (χ3n) is 8.54. The summed E-state index contributed by atoms with van der Waals surface area (Å²) in [4.78, 5) is 41.1. The molecule has 2 aliphatic carbocycles. The first-order valence-corrected chi connectivity index (χ1v) is 14.4. The molecule has 3 amide bonds. The molecule has 3 aliphatic rings. The van der Waals surface area contributed by atoms with Gasteiger partial charge in [-0.25, -0.2) is 5.84 Å². The van der Waals surface area contributed by atoms with E-state index in [2.05, 4.69) is 5.32 Å². The minimum atomic E-state index is -0.977. The van der Waals surface area contributed by atoms with Crippen LogP contribution in [0.4, 0.5) is 0 Å². The maximum Gasteiger partial charge on any atom is 0.247 e. The number of allylic oxidation sites excluding steroid dienone is 1. The lowest BCUT2D eigenvalue weighted by Crippen LogP contribution is -2.59. The maximum atomic E-state index is 13.9. The van der Waals surface area contributed by atoms with Crippen LogP contribution in [0.5, 0.6) is 0 Å². The lowest BCUT2D eigenvalue weighted by molar-refractivity contribution is -0.145. The number of β-amino-alcohol motifs (C(OH)–C–C–N with tert-alkyl or cyclic N) is 1. The minimum absolute atomic E-state index is 0.0119. The van der Waals surface area contributed by atoms with E-state index in [1.54, 1.807) is 6.20 Å². The number of hydrogen-bond donors (Lipinski definition) is 5. The van der Waals surface area contributed by atoms with E-state index in [4.69, 9.17) is 17.3 Å². The first kappa shape index (κ1) is 28.6. The average Bonchev–Trinajstić information content (AvgIpc) is 3.71. The molecule has 2 saturated carbocycles. The van der Waals surface area contributed by atoms with E-state index in [0.717, 1.165) is 48.8 Å². The molecule has 4 atom stereocenters. The Balaban J connectivity index is 1.28. The van der Waals surface area contributed by atoms with Crippen molar-refractivity contribution < 1.29 is 19.5 Å². The zero-order valence-corrected chi connectivity index (χ0v) is 23.2. The van der Waals surface area contributed by atoms with E-state index in [1.165, 1.54) is 9.91 Å². The molecule has 4 unspecified atom stereocenters. The lowest BCUT2D eigenvalue weighted by atomic mass is 9.79. The predicted octanol–water partition coefficient (Wildman–Crippen LogP) is 1.38. The lowest BCUT2D eigenvalue weighted by Gasteiger charge is -2.40. The third kappa shape index (κ3) is 6.71. The zero-order valence-electron chi connectivity index (χ0n) is 23.2. The number of aliphatic hydroxyl groups is 1. The fraction of sp³-hybridized carbons (Fsp3) is 0.452. The van der Waals surface area contributed by atoms with Gasteiger partial charge in [0.25, 0.3) is 0 Å². The number of amides is 3. The summed E-state index contributed by atoms with van der Waals surface area (Å²) in [7, 11) is 0. The average molecular weight is 561 g/mol. The molecule has 3 fully saturated rings. The van der Waals surface area contributed by atoms with Crippen LogP contribution in [0.25, 0.3) is 11.1 Å². The van der Waals surface area contributed by atoms with Crippen LogP contribution >= 0.6 is 0 Å². The SMILES string of the molecule is NC(=O)C(Cc1ccc(-c2ccccc2)cc1)NC(=O)C1CC(O)CN1C(=O)C(C1CCC1)N(N)/C=C(\N)C1CC1. The monoisotopic (exact) mass is 560 g/mol. The Kier molecular flexibility index (Phi) is 8.60. The van der Waals surface area contributed by atoms with Crippen molar-refractivity contribution in [3.8, 4) is 11.1 Å². The molecular weight excluding hydrogens is 520 g/mol. The molecule has 0 spiro atoms. The first-order valence-electron chi connectivity index (χ1n) is 14.4. The van der Waals surface area contributed by atoms with Crippen LogP contribution in [0.3, 0.4) is 0 Å². The number of aliphatic hydroxyl groups excluding tert-OH is 1. The molecule has 41 heavy (non-hydrogen) atoms. The van der Waals surface area contributed by atoms with Crippen molar-refractivity contribution >= 4 is 17.7 Å². The number of nitrogens with two attached hydrogens (primary N) is 3. The number of hydrogen-bond acceptors (Lipinski definition) is 7. The molecule has 0 aromatic heterocycles. The second-order valence-corrected chi connectivity index (χ2v) is 11.6. The van der Waals surface area contributed by atoms with Crippen LogP contribution in [0, 0.1) is 11.8 Å². The Labute approximate surface area is 240 Å². The van der Waals surface area contributed by atoms with Gasteiger partial charge in [0.15, 0.2) is 0 Å². The summed E-state index contributed by atoms with van der Waals surface area (Å²) in [5.74, 6) is 5.19. The number of hydrazine groups is 1. The smallest absolute Gasteiger partial charge is 0.247 e. The van der Waals surface area contributed by atoms with Crippen LogP contribution in [0.2, 0.25) is 0 Å². The molecule has 2 aromatic carbocycles. The molecule has 0 radical (unpaired) electrons. The zero-order chi connectivity index (χ0) is 29.1. The van der Waals surface area contributed by atoms with Crippen molar-refractivity contribution in [3.05, 3.63) is 72.1 Å². The highest BCUT2D eigenvalue weighted by Crippen LogP contribution is 2.36. The highest BCUT2D eigenvalue weighted by Gasteiger charge is 2.46. The van der Waals surface area contributed by atoms with E-state index in [1.807, 2.05) is 54.6 Å². The van der Waals surface area contributed by atoms with Crippen LogP contribution in [0.1, 0.15) is 44.1 Å². The van der Waals surface area contributed by atoms with E-state index in [-0.39, 0.29) is 31.2 Å². The number of likely N-dealkylation sites (tertiary alicyclic amines) is 1. The summed E-state index contributed by atoms with van der Waals surface area (Å²) in [6, 6.07) is 15.0. The van der Waals surface area contributed by atoms with Gasteiger partial charge in [-0.2, -0.15) is 0 Å². The number of primary amides is 1. The fourth-order valence-electron chi connectivity index (χ4n) is 5.77. The van der Waals surface area contributed by atoms with Gasteiger partial charge in [0.1, 0.15) is 18.1 Å². The molecule has 5 rings (SSSR count). The summed E-state index contributed by atoms with van der Waals surface area (Å²) in [5, 5.41) is 14.6. The molecule has 10 heteroatoms. The van der Waals surface area contributed by atoms with E-state index >= 15 is 0 Å². The predicted molar refractivity (Wildman–Crippen MR) is 155 cm³/mol. The van der Waals surface area contributed by atoms with Gasteiger partial charge in [-0.1, -0.05) is 61.0 Å². The van der Waals surface area contributed by atoms with Gasteiger partial charge < -0.3 is 31.8 Å². The topological polar surface area (TPSA) is 168 Å². The molecule has 8 N–H and O–H groups in total. The standard InChI is InChI=1S/C31H40N6O4/c32-25(22-13-14-22)18-37(34)28(23-7-4-8-23)31(41)36-17-24(38)16-27(36)30(40)35-26(29(33)39)15-19-9-11-21(12-10-19)20-5-2-1-3-6-20/h1-3,5-6,9-12,18,22-24,26-28,38H,4,7-8,13-17,32,34H2,(H2,33,39)(H,35,40)/b25-18-. The highest BCUT2D eigenvalue weighted by molar-refractivity contribution is 5.93. The summed E-state index contributed by atoms with van der Waals surface area (Å²) >= 11 is 0. The van der Waals surface area contributed by atoms with E-state index in [9.17, 15) is 19.5 Å². The number of benzene rings is 2. The number of carbonyl (C=O) groups is 3. The fourth-order valence-corrected chi connectivity index (χ4v) is 5.77. The van der Waals surface area contributed by atoms with Crippen LogP contribution in [-0.2, 0) is 20.8 Å². The van der Waals surface area contributed by atoms with Crippen molar-refractivity contribution in [2.24, 2.45) is 29.1 Å². The van der Waals surface area contributed by atoms with Crippen molar-refractivity contribution in [2.45, 2.75) is 69.2 Å². The van der Waals surface area contributed by atoms with Crippen molar-refractivity contribution in [3.63, 3.8) is 0 Å². The second kappa shape index (κ2) is 12.3. The van der Waals surface area contributed by atoms with Crippen LogP contribution in [0.15, 0.2) is 66.5 Å². The summed E-state index contributed by atoms with van der Waals surface area (Å²) < 4.78 is 0. The number of rotatable bonds is 11. The summed E-state index contributed by atoms with van der Waals surface area (Å²) in [6.07, 6.45) is 5.77. The van der Waals surface area contributed by atoms with Gasteiger partial charge in [-0.15, -0.1) is 0 Å². The molecular formula is C31H40N6O4. The molecule has 2 aromatic rings. The van der Waals surface area contributed by atoms with Gasteiger partial charge in [0.2, 0.25) is 17.7 Å². The van der Waals surface area contributed by atoms with Crippen LogP contribution in [-0.4, -0.2) is 63.5 Å². The Bertz CT molecular complexity index is 1280. The quantitative estimate of drug-likeness (QED) is 0.204. The molecule has 1 aliphatic heterocycles. The number of nitrogens with zero attached hydrogens (tertiary/aromatic N) is 2. The molecule has 218 valence electrons. The van der Waals surface area contributed by atoms with Crippen LogP contribution < -0.4 is 22.6 Å². The van der Waals surface area contributed by atoms with E-state index < -0.39 is 36.0 Å². The Hall–Kier alpha value is -3.89. The van der Waals surface area contributed by atoms with E-state index in [0.29, 0.717) is 11.6 Å². The van der Waals surface area contributed by atoms with Gasteiger partial charge in [-0.05, 0) is 48.3 Å².